The van der Waals surface area contributed by atoms with Crippen molar-refractivity contribution in [3.63, 3.8) is 0 Å². The number of ether oxygens (including phenoxy) is 1. The Morgan fingerprint density at radius 3 is 2.40 bits per heavy atom. The minimum atomic E-state index is -1.33. The van der Waals surface area contributed by atoms with E-state index < -0.39 is 29.7 Å². The van der Waals surface area contributed by atoms with Gasteiger partial charge in [-0.05, 0) is 32.8 Å². The molecular weight excluding hydrogens is 320 g/mol. The molecule has 0 aliphatic rings. The second kappa shape index (κ2) is 10.0. The van der Waals surface area contributed by atoms with Crippen molar-refractivity contribution in [3.8, 4) is 0 Å². The van der Waals surface area contributed by atoms with E-state index in [-0.39, 0.29) is 0 Å². The number of aliphatic hydroxyl groups excluding tert-OH is 1. The Labute approximate surface area is 150 Å². The maximum atomic E-state index is 12.2. The standard InChI is InChI=1S/C19H30N2O4/c1-5-6-12-15(21-18(24)25-19(2,3)4)16(22)17(23)20-13-14-10-8-7-9-11-14/h7-11,15-16,22H,5-6,12-13H2,1-4H3,(H,20,23)(H,21,24). The first kappa shape index (κ1) is 21.0. The summed E-state index contributed by atoms with van der Waals surface area (Å²) in [7, 11) is 0. The summed E-state index contributed by atoms with van der Waals surface area (Å²) >= 11 is 0. The number of alkyl carbamates (subject to hydrolysis) is 1. The van der Waals surface area contributed by atoms with E-state index in [2.05, 4.69) is 10.6 Å². The number of nitrogens with one attached hydrogen (secondary N) is 2. The van der Waals surface area contributed by atoms with E-state index in [4.69, 9.17) is 4.74 Å². The number of benzene rings is 1. The molecule has 0 fully saturated rings. The molecule has 25 heavy (non-hydrogen) atoms. The van der Waals surface area contributed by atoms with Gasteiger partial charge in [0, 0.05) is 6.54 Å². The molecule has 6 nitrogen and oxygen atoms in total. The molecule has 1 rings (SSSR count). The van der Waals surface area contributed by atoms with Gasteiger partial charge in [-0.15, -0.1) is 0 Å². The van der Waals surface area contributed by atoms with E-state index in [0.29, 0.717) is 13.0 Å². The number of carbonyl (C=O) groups is 2. The lowest BCUT2D eigenvalue weighted by Gasteiger charge is -2.26. The van der Waals surface area contributed by atoms with Crippen LogP contribution in [0.3, 0.4) is 0 Å². The lowest BCUT2D eigenvalue weighted by atomic mass is 10.0. The van der Waals surface area contributed by atoms with Gasteiger partial charge in [0.2, 0.25) is 0 Å². The molecule has 1 aromatic rings. The molecular formula is C19H30N2O4. The molecule has 0 aromatic heterocycles. The number of carbonyl (C=O) groups excluding carboxylic acids is 2. The van der Waals surface area contributed by atoms with E-state index in [0.717, 1.165) is 18.4 Å². The van der Waals surface area contributed by atoms with Crippen LogP contribution in [-0.4, -0.2) is 34.9 Å². The monoisotopic (exact) mass is 350 g/mol. The highest BCUT2D eigenvalue weighted by molar-refractivity contribution is 5.82. The Morgan fingerprint density at radius 2 is 1.84 bits per heavy atom. The van der Waals surface area contributed by atoms with Crippen LogP contribution >= 0.6 is 0 Å². The molecule has 140 valence electrons. The minimum Gasteiger partial charge on any atom is -0.444 e. The molecule has 2 atom stereocenters. The van der Waals surface area contributed by atoms with Crippen molar-refractivity contribution in [1.82, 2.24) is 10.6 Å². The highest BCUT2D eigenvalue weighted by Gasteiger charge is 2.28. The quantitative estimate of drug-likeness (QED) is 0.673. The smallest absolute Gasteiger partial charge is 0.407 e. The van der Waals surface area contributed by atoms with Gasteiger partial charge < -0.3 is 20.5 Å². The normalized spacial score (nSPS) is 13.6. The second-order valence-corrected chi connectivity index (χ2v) is 7.04. The van der Waals surface area contributed by atoms with Crippen LogP contribution in [0.15, 0.2) is 30.3 Å². The third-order valence-corrected chi connectivity index (χ3v) is 3.53. The van der Waals surface area contributed by atoms with E-state index >= 15 is 0 Å². The Hall–Kier alpha value is -2.08. The van der Waals surface area contributed by atoms with Crippen molar-refractivity contribution >= 4 is 12.0 Å². The summed E-state index contributed by atoms with van der Waals surface area (Å²) in [6.07, 6.45) is 0.204. The van der Waals surface area contributed by atoms with Crippen LogP contribution in [0.2, 0.25) is 0 Å². The molecule has 0 bridgehead atoms. The molecule has 0 heterocycles. The van der Waals surface area contributed by atoms with Crippen LogP contribution in [0.1, 0.15) is 52.5 Å². The van der Waals surface area contributed by atoms with Crippen molar-refractivity contribution in [2.24, 2.45) is 0 Å². The number of aliphatic hydroxyl groups is 1. The molecule has 3 N–H and O–H groups in total. The zero-order chi connectivity index (χ0) is 18.9. The third kappa shape index (κ3) is 8.54. The average molecular weight is 350 g/mol. The predicted molar refractivity (Wildman–Crippen MR) is 97.0 cm³/mol. The summed E-state index contributed by atoms with van der Waals surface area (Å²) in [5.74, 6) is -0.513. The van der Waals surface area contributed by atoms with Crippen molar-refractivity contribution in [1.29, 1.82) is 0 Å². The van der Waals surface area contributed by atoms with Gasteiger partial charge in [0.25, 0.3) is 5.91 Å². The van der Waals surface area contributed by atoms with Crippen LogP contribution < -0.4 is 10.6 Å². The first-order valence-electron chi connectivity index (χ1n) is 8.72. The summed E-state index contributed by atoms with van der Waals surface area (Å²) in [5, 5.41) is 15.7. The van der Waals surface area contributed by atoms with Crippen LogP contribution in [0.25, 0.3) is 0 Å². The van der Waals surface area contributed by atoms with Crippen molar-refractivity contribution < 1.29 is 19.4 Å². The number of amides is 2. The van der Waals surface area contributed by atoms with Gasteiger partial charge in [0.05, 0.1) is 6.04 Å². The zero-order valence-corrected chi connectivity index (χ0v) is 15.5. The van der Waals surface area contributed by atoms with Crippen molar-refractivity contribution in [3.05, 3.63) is 35.9 Å². The summed E-state index contributed by atoms with van der Waals surface area (Å²) < 4.78 is 5.21. The maximum Gasteiger partial charge on any atom is 0.407 e. The topological polar surface area (TPSA) is 87.7 Å². The molecule has 0 aliphatic carbocycles. The predicted octanol–water partition coefficient (Wildman–Crippen LogP) is 2.75. The highest BCUT2D eigenvalue weighted by atomic mass is 16.6. The fourth-order valence-electron chi connectivity index (χ4n) is 2.26. The van der Waals surface area contributed by atoms with Gasteiger partial charge in [0.1, 0.15) is 5.60 Å². The molecule has 1 aromatic carbocycles. The first-order valence-corrected chi connectivity index (χ1v) is 8.72. The van der Waals surface area contributed by atoms with Crippen molar-refractivity contribution in [2.75, 3.05) is 0 Å². The SMILES string of the molecule is CCCCC(NC(=O)OC(C)(C)C)C(O)C(=O)NCc1ccccc1. The molecule has 0 aliphatic heterocycles. The first-order chi connectivity index (χ1) is 11.7. The van der Waals surface area contributed by atoms with E-state index in [1.54, 1.807) is 20.8 Å². The minimum absolute atomic E-state index is 0.323. The number of rotatable bonds is 8. The largest absolute Gasteiger partial charge is 0.444 e. The summed E-state index contributed by atoms with van der Waals surface area (Å²) in [6, 6.07) is 8.75. The summed E-state index contributed by atoms with van der Waals surface area (Å²) in [5.41, 5.74) is 0.299. The van der Waals surface area contributed by atoms with Gasteiger partial charge in [-0.25, -0.2) is 4.79 Å². The number of hydrogen-bond acceptors (Lipinski definition) is 4. The number of hydrogen-bond donors (Lipinski definition) is 3. The zero-order valence-electron chi connectivity index (χ0n) is 15.5. The number of unbranched alkanes of at least 4 members (excludes halogenated alkanes) is 1. The van der Waals surface area contributed by atoms with E-state index in [1.165, 1.54) is 0 Å². The fourth-order valence-corrected chi connectivity index (χ4v) is 2.26. The molecule has 6 heteroatoms. The lowest BCUT2D eigenvalue weighted by Crippen LogP contribution is -2.51. The van der Waals surface area contributed by atoms with Crippen molar-refractivity contribution in [2.45, 2.75) is 71.2 Å². The Balaban J connectivity index is 2.62. The molecule has 0 radical (unpaired) electrons. The Morgan fingerprint density at radius 1 is 1.20 bits per heavy atom. The van der Waals surface area contributed by atoms with Gasteiger partial charge in [0.15, 0.2) is 6.10 Å². The van der Waals surface area contributed by atoms with Crippen LogP contribution in [0.5, 0.6) is 0 Å². The molecule has 2 unspecified atom stereocenters. The van der Waals surface area contributed by atoms with Crippen LogP contribution in [0, 0.1) is 0 Å². The summed E-state index contributed by atoms with van der Waals surface area (Å²) in [4.78, 5) is 24.2. The second-order valence-electron chi connectivity index (χ2n) is 7.04. The van der Waals surface area contributed by atoms with Crippen LogP contribution in [0.4, 0.5) is 4.79 Å². The fraction of sp³-hybridized carbons (Fsp3) is 0.579. The molecule has 2 amide bonds. The maximum absolute atomic E-state index is 12.2. The Bertz CT molecular complexity index is 540. The summed E-state index contributed by atoms with van der Waals surface area (Å²) in [6.45, 7) is 7.61. The highest BCUT2D eigenvalue weighted by Crippen LogP contribution is 2.10. The molecule has 0 spiro atoms. The van der Waals surface area contributed by atoms with Gasteiger partial charge in [-0.3, -0.25) is 4.79 Å². The molecule has 0 saturated heterocycles. The van der Waals surface area contributed by atoms with E-state index in [9.17, 15) is 14.7 Å². The van der Waals surface area contributed by atoms with Gasteiger partial charge in [-0.2, -0.15) is 0 Å². The van der Waals surface area contributed by atoms with Crippen LogP contribution in [-0.2, 0) is 16.1 Å². The van der Waals surface area contributed by atoms with E-state index in [1.807, 2.05) is 37.3 Å². The Kier molecular flexibility index (Phi) is 8.41. The van der Waals surface area contributed by atoms with Gasteiger partial charge in [-0.1, -0.05) is 50.1 Å². The molecule has 0 saturated carbocycles. The average Bonchev–Trinajstić information content (AvgIpc) is 2.55. The van der Waals surface area contributed by atoms with Gasteiger partial charge >= 0.3 is 6.09 Å². The third-order valence-electron chi connectivity index (χ3n) is 3.53. The lowest BCUT2D eigenvalue weighted by molar-refractivity contribution is -0.131.